The summed E-state index contributed by atoms with van der Waals surface area (Å²) in [5.74, 6) is 0.470. The number of carbonyl (C=O) groups excluding carboxylic acids is 1. The minimum absolute atomic E-state index is 0.0512. The van der Waals surface area contributed by atoms with E-state index in [1.165, 1.54) is 4.80 Å². The second kappa shape index (κ2) is 7.12. The monoisotopic (exact) mass is 353 g/mol. The largest absolute Gasteiger partial charge is 0.331 e. The lowest BCUT2D eigenvalue weighted by molar-refractivity contribution is 0.235. The summed E-state index contributed by atoms with van der Waals surface area (Å²) in [6.07, 6.45) is 2.80. The number of hydrogen-bond donors (Lipinski definition) is 2. The molecule has 0 bridgehead atoms. The molecule has 1 heterocycles. The molecule has 0 aliphatic heterocycles. The summed E-state index contributed by atoms with van der Waals surface area (Å²) in [5, 5.41) is 27.1. The Bertz CT molecular complexity index is 844. The predicted octanol–water partition coefficient (Wildman–Crippen LogP) is 2.18. The maximum absolute atomic E-state index is 12.3. The van der Waals surface area contributed by atoms with Crippen LogP contribution in [0.3, 0.4) is 0 Å². The van der Waals surface area contributed by atoms with Crippen LogP contribution in [0.2, 0.25) is 0 Å². The molecule has 1 aromatic heterocycles. The Kier molecular flexibility index (Phi) is 4.89. The van der Waals surface area contributed by atoms with E-state index in [0.29, 0.717) is 11.4 Å². The van der Waals surface area contributed by atoms with Gasteiger partial charge in [-0.05, 0) is 68.5 Å². The third-order valence-electron chi connectivity index (χ3n) is 4.35. The molecule has 3 rings (SSSR count). The number of tetrazole rings is 1. The van der Waals surface area contributed by atoms with Gasteiger partial charge in [0.05, 0.1) is 29.8 Å². The maximum atomic E-state index is 12.3. The van der Waals surface area contributed by atoms with Gasteiger partial charge in [0.25, 0.3) is 0 Å². The lowest BCUT2D eigenvalue weighted by Gasteiger charge is -2.26. The zero-order valence-electron chi connectivity index (χ0n) is 15.3. The lowest BCUT2D eigenvalue weighted by Crippen LogP contribution is -2.39. The minimum Gasteiger partial charge on any atom is -0.331 e. The number of nitrogens with zero attached hydrogens (tertiary/aromatic N) is 5. The van der Waals surface area contributed by atoms with Crippen molar-refractivity contribution >= 4 is 6.03 Å². The van der Waals surface area contributed by atoms with Crippen LogP contribution in [0.5, 0.6) is 0 Å². The van der Waals surface area contributed by atoms with Gasteiger partial charge in [0.1, 0.15) is 0 Å². The maximum Gasteiger partial charge on any atom is 0.315 e. The first-order valence-corrected chi connectivity index (χ1v) is 8.73. The Hall–Kier alpha value is -2.95. The molecule has 1 aliphatic rings. The summed E-state index contributed by atoms with van der Waals surface area (Å²) >= 11 is 0. The van der Waals surface area contributed by atoms with E-state index in [-0.39, 0.29) is 24.2 Å². The van der Waals surface area contributed by atoms with Gasteiger partial charge in [-0.2, -0.15) is 10.1 Å². The van der Waals surface area contributed by atoms with Gasteiger partial charge in [0, 0.05) is 0 Å². The van der Waals surface area contributed by atoms with Crippen LogP contribution in [0.15, 0.2) is 18.2 Å². The van der Waals surface area contributed by atoms with Crippen LogP contribution in [0.1, 0.15) is 62.2 Å². The average Bonchev–Trinajstić information content (AvgIpc) is 3.09. The highest BCUT2D eigenvalue weighted by Gasteiger charge is 2.22. The van der Waals surface area contributed by atoms with E-state index in [0.717, 1.165) is 30.4 Å². The fourth-order valence-electron chi connectivity index (χ4n) is 3.00. The van der Waals surface area contributed by atoms with Gasteiger partial charge < -0.3 is 10.6 Å². The second-order valence-electron chi connectivity index (χ2n) is 7.46. The smallest absolute Gasteiger partial charge is 0.315 e. The zero-order chi connectivity index (χ0) is 18.7. The molecule has 1 aromatic carbocycles. The summed E-state index contributed by atoms with van der Waals surface area (Å²) in [6, 6.07) is 7.49. The molecule has 1 atom stereocenters. The van der Waals surface area contributed by atoms with Crippen molar-refractivity contribution in [1.29, 1.82) is 5.26 Å². The number of aryl methyl sites for hydroxylation is 1. The van der Waals surface area contributed by atoms with Crippen molar-refractivity contribution in [2.24, 2.45) is 0 Å². The fourth-order valence-corrected chi connectivity index (χ4v) is 3.00. The number of aromatic nitrogens is 4. The predicted molar refractivity (Wildman–Crippen MR) is 95.0 cm³/mol. The van der Waals surface area contributed by atoms with Crippen LogP contribution >= 0.6 is 0 Å². The van der Waals surface area contributed by atoms with E-state index in [1.54, 1.807) is 6.07 Å². The van der Waals surface area contributed by atoms with Gasteiger partial charge in [-0.1, -0.05) is 6.07 Å². The van der Waals surface area contributed by atoms with Gasteiger partial charge in [0.2, 0.25) is 0 Å². The number of fused-ring (bicyclic) bond motifs is 1. The summed E-state index contributed by atoms with van der Waals surface area (Å²) in [7, 11) is 0. The van der Waals surface area contributed by atoms with Crippen molar-refractivity contribution < 1.29 is 4.79 Å². The van der Waals surface area contributed by atoms with E-state index >= 15 is 0 Å². The summed E-state index contributed by atoms with van der Waals surface area (Å²) < 4.78 is 0. The number of rotatable bonds is 3. The number of carbonyl (C=O) groups is 1. The minimum atomic E-state index is -0.265. The normalized spacial score (nSPS) is 16.5. The first-order chi connectivity index (χ1) is 12.4. The van der Waals surface area contributed by atoms with Crippen LogP contribution < -0.4 is 10.6 Å². The Morgan fingerprint density at radius 3 is 2.92 bits per heavy atom. The van der Waals surface area contributed by atoms with Crippen molar-refractivity contribution in [2.75, 3.05) is 0 Å². The highest BCUT2D eigenvalue weighted by Crippen LogP contribution is 2.30. The highest BCUT2D eigenvalue weighted by molar-refractivity contribution is 5.74. The molecule has 2 amide bonds. The van der Waals surface area contributed by atoms with E-state index in [4.69, 9.17) is 5.26 Å². The third-order valence-corrected chi connectivity index (χ3v) is 4.35. The van der Waals surface area contributed by atoms with Crippen LogP contribution in [-0.2, 0) is 18.5 Å². The van der Waals surface area contributed by atoms with Crippen molar-refractivity contribution in [3.05, 3.63) is 40.7 Å². The van der Waals surface area contributed by atoms with Gasteiger partial charge in [-0.3, -0.25) is 0 Å². The molecule has 2 N–H and O–H groups in total. The van der Waals surface area contributed by atoms with Crippen LogP contribution in [0.25, 0.3) is 0 Å². The van der Waals surface area contributed by atoms with Crippen molar-refractivity contribution in [1.82, 2.24) is 30.8 Å². The first-order valence-electron chi connectivity index (χ1n) is 8.73. The van der Waals surface area contributed by atoms with Gasteiger partial charge in [-0.15, -0.1) is 10.2 Å². The number of nitriles is 1. The molecular formula is C18H23N7O. The number of amides is 2. The van der Waals surface area contributed by atoms with Crippen molar-refractivity contribution in [2.45, 2.75) is 58.2 Å². The highest BCUT2D eigenvalue weighted by atomic mass is 16.2. The van der Waals surface area contributed by atoms with Gasteiger partial charge in [0.15, 0.2) is 5.82 Å². The Labute approximate surface area is 152 Å². The summed E-state index contributed by atoms with van der Waals surface area (Å²) in [4.78, 5) is 13.8. The molecule has 8 nitrogen and oxygen atoms in total. The van der Waals surface area contributed by atoms with Crippen molar-refractivity contribution in [3.8, 4) is 6.07 Å². The average molecular weight is 353 g/mol. The standard InChI is InChI=1S/C18H23N7O/c1-18(2,3)25-23-16(22-24-25)11-20-17(26)21-15-6-4-5-13-9-12(10-19)7-8-14(13)15/h7-9,15H,4-6,11H2,1-3H3,(H2,20,21,26). The molecule has 1 aliphatic carbocycles. The quantitative estimate of drug-likeness (QED) is 0.879. The molecule has 0 radical (unpaired) electrons. The van der Waals surface area contributed by atoms with E-state index in [2.05, 4.69) is 32.1 Å². The molecule has 8 heteroatoms. The van der Waals surface area contributed by atoms with E-state index in [9.17, 15) is 4.79 Å². The summed E-state index contributed by atoms with van der Waals surface area (Å²) in [5.41, 5.74) is 2.63. The van der Waals surface area contributed by atoms with E-state index in [1.807, 2.05) is 32.9 Å². The molecule has 0 saturated heterocycles. The molecule has 26 heavy (non-hydrogen) atoms. The Balaban J connectivity index is 1.59. The SMILES string of the molecule is CC(C)(C)n1nnc(CNC(=O)NC2CCCc3cc(C#N)ccc32)n1. The molecule has 136 valence electrons. The Morgan fingerprint density at radius 1 is 1.42 bits per heavy atom. The molecule has 0 fully saturated rings. The number of urea groups is 1. The Morgan fingerprint density at radius 2 is 2.23 bits per heavy atom. The van der Waals surface area contributed by atoms with Gasteiger partial charge >= 0.3 is 6.03 Å². The number of nitrogens with one attached hydrogen (secondary N) is 2. The van der Waals surface area contributed by atoms with Crippen LogP contribution in [0, 0.1) is 11.3 Å². The van der Waals surface area contributed by atoms with Crippen LogP contribution in [-0.4, -0.2) is 26.2 Å². The number of benzene rings is 1. The molecule has 1 unspecified atom stereocenters. The van der Waals surface area contributed by atoms with Crippen LogP contribution in [0.4, 0.5) is 4.79 Å². The van der Waals surface area contributed by atoms with E-state index < -0.39 is 0 Å². The summed E-state index contributed by atoms with van der Waals surface area (Å²) in [6.45, 7) is 6.17. The zero-order valence-corrected chi connectivity index (χ0v) is 15.3. The molecule has 0 saturated carbocycles. The third kappa shape index (κ3) is 3.99. The number of hydrogen-bond acceptors (Lipinski definition) is 5. The fraction of sp³-hybridized carbons (Fsp3) is 0.500. The molecule has 2 aromatic rings. The molecule has 0 spiro atoms. The van der Waals surface area contributed by atoms with Crippen molar-refractivity contribution in [3.63, 3.8) is 0 Å². The topological polar surface area (TPSA) is 109 Å². The lowest BCUT2D eigenvalue weighted by atomic mass is 9.87. The second-order valence-corrected chi connectivity index (χ2v) is 7.46. The molecular weight excluding hydrogens is 330 g/mol. The van der Waals surface area contributed by atoms with Gasteiger partial charge in [-0.25, -0.2) is 4.79 Å². The first kappa shape index (κ1) is 17.9.